The molecule has 0 saturated heterocycles. The summed E-state index contributed by atoms with van der Waals surface area (Å²) < 4.78 is 5.14. The SMILES string of the molecule is COc1ccccc1/C=N/NC(=O)C(=O)Nc1ccccc1Cl. The van der Waals surface area contributed by atoms with Gasteiger partial charge >= 0.3 is 11.8 Å². The van der Waals surface area contributed by atoms with Crippen molar-refractivity contribution in [2.45, 2.75) is 0 Å². The molecule has 0 atom stereocenters. The second kappa shape index (κ2) is 7.95. The topological polar surface area (TPSA) is 79.8 Å². The van der Waals surface area contributed by atoms with Crippen molar-refractivity contribution in [3.8, 4) is 5.75 Å². The van der Waals surface area contributed by atoms with Gasteiger partial charge in [-0.15, -0.1) is 0 Å². The van der Waals surface area contributed by atoms with Crippen LogP contribution in [-0.4, -0.2) is 25.1 Å². The van der Waals surface area contributed by atoms with Crippen molar-refractivity contribution in [3.63, 3.8) is 0 Å². The van der Waals surface area contributed by atoms with Crippen molar-refractivity contribution in [1.82, 2.24) is 5.43 Å². The highest BCUT2D eigenvalue weighted by molar-refractivity contribution is 6.41. The number of amides is 2. The molecular formula is C16H14ClN3O3. The maximum absolute atomic E-state index is 11.7. The summed E-state index contributed by atoms with van der Waals surface area (Å²) in [7, 11) is 1.53. The molecule has 0 aliphatic rings. The van der Waals surface area contributed by atoms with Crippen LogP contribution in [0.2, 0.25) is 5.02 Å². The van der Waals surface area contributed by atoms with Gasteiger partial charge in [0.25, 0.3) is 0 Å². The lowest BCUT2D eigenvalue weighted by Gasteiger charge is -2.05. The normalized spacial score (nSPS) is 10.3. The van der Waals surface area contributed by atoms with E-state index in [4.69, 9.17) is 16.3 Å². The minimum Gasteiger partial charge on any atom is -0.496 e. The molecule has 23 heavy (non-hydrogen) atoms. The Morgan fingerprint density at radius 2 is 1.78 bits per heavy atom. The fraction of sp³-hybridized carbons (Fsp3) is 0.0625. The Morgan fingerprint density at radius 1 is 1.09 bits per heavy atom. The first kappa shape index (κ1) is 16.5. The van der Waals surface area contributed by atoms with Gasteiger partial charge in [-0.1, -0.05) is 35.9 Å². The smallest absolute Gasteiger partial charge is 0.329 e. The van der Waals surface area contributed by atoms with Crippen LogP contribution in [0.3, 0.4) is 0 Å². The van der Waals surface area contributed by atoms with E-state index in [2.05, 4.69) is 15.8 Å². The second-order valence-electron chi connectivity index (χ2n) is 4.38. The average molecular weight is 332 g/mol. The van der Waals surface area contributed by atoms with Crippen molar-refractivity contribution < 1.29 is 14.3 Å². The van der Waals surface area contributed by atoms with E-state index in [1.54, 1.807) is 42.5 Å². The molecule has 0 unspecified atom stereocenters. The highest BCUT2D eigenvalue weighted by Gasteiger charge is 2.14. The largest absolute Gasteiger partial charge is 0.496 e. The number of carbonyl (C=O) groups excluding carboxylic acids is 2. The molecule has 0 bridgehead atoms. The van der Waals surface area contributed by atoms with Gasteiger partial charge in [-0.2, -0.15) is 5.10 Å². The Bertz CT molecular complexity index is 747. The number of ether oxygens (including phenoxy) is 1. The summed E-state index contributed by atoms with van der Waals surface area (Å²) in [5.74, 6) is -1.17. The van der Waals surface area contributed by atoms with E-state index in [1.165, 1.54) is 13.3 Å². The summed E-state index contributed by atoms with van der Waals surface area (Å²) >= 11 is 5.90. The predicted octanol–water partition coefficient (Wildman–Crippen LogP) is 2.44. The predicted molar refractivity (Wildman–Crippen MR) is 88.8 cm³/mol. The van der Waals surface area contributed by atoms with Crippen molar-refractivity contribution in [3.05, 3.63) is 59.1 Å². The minimum absolute atomic E-state index is 0.339. The lowest BCUT2D eigenvalue weighted by atomic mass is 10.2. The number of hydrogen-bond acceptors (Lipinski definition) is 4. The molecule has 0 radical (unpaired) electrons. The van der Waals surface area contributed by atoms with Crippen LogP contribution in [0.4, 0.5) is 5.69 Å². The lowest BCUT2D eigenvalue weighted by Crippen LogP contribution is -2.32. The van der Waals surface area contributed by atoms with Crippen molar-refractivity contribution in [2.75, 3.05) is 12.4 Å². The van der Waals surface area contributed by atoms with Crippen LogP contribution in [0, 0.1) is 0 Å². The zero-order chi connectivity index (χ0) is 16.7. The molecular weight excluding hydrogens is 318 g/mol. The molecule has 0 spiro atoms. The molecule has 6 nitrogen and oxygen atoms in total. The lowest BCUT2D eigenvalue weighted by molar-refractivity contribution is -0.136. The van der Waals surface area contributed by atoms with Crippen LogP contribution in [0.15, 0.2) is 53.6 Å². The number of anilines is 1. The number of nitrogens with zero attached hydrogens (tertiary/aromatic N) is 1. The molecule has 2 aromatic carbocycles. The quantitative estimate of drug-likeness (QED) is 0.513. The standard InChI is InChI=1S/C16H14ClN3O3/c1-23-14-9-5-2-6-11(14)10-18-20-16(22)15(21)19-13-8-4-3-7-12(13)17/h2-10H,1H3,(H,19,21)(H,20,22)/b18-10+. The first-order valence-electron chi connectivity index (χ1n) is 6.63. The van der Waals surface area contributed by atoms with E-state index >= 15 is 0 Å². The maximum atomic E-state index is 11.7. The van der Waals surface area contributed by atoms with Crippen LogP contribution < -0.4 is 15.5 Å². The number of benzene rings is 2. The molecule has 0 aliphatic heterocycles. The Hall–Kier alpha value is -2.86. The second-order valence-corrected chi connectivity index (χ2v) is 4.78. The molecule has 2 aromatic rings. The van der Waals surface area contributed by atoms with Gasteiger partial charge < -0.3 is 10.1 Å². The highest BCUT2D eigenvalue weighted by atomic mass is 35.5. The van der Waals surface area contributed by atoms with Gasteiger partial charge in [0, 0.05) is 5.56 Å². The third kappa shape index (κ3) is 4.55. The van der Waals surface area contributed by atoms with Gasteiger partial charge in [-0.05, 0) is 24.3 Å². The molecule has 0 saturated carbocycles. The Balaban J connectivity index is 1.95. The first-order valence-corrected chi connectivity index (χ1v) is 7.01. The van der Waals surface area contributed by atoms with Crippen LogP contribution in [0.5, 0.6) is 5.75 Å². The van der Waals surface area contributed by atoms with Gasteiger partial charge in [0.2, 0.25) is 0 Å². The Kier molecular flexibility index (Phi) is 5.71. The number of rotatable bonds is 4. The molecule has 118 valence electrons. The molecule has 0 aromatic heterocycles. The van der Waals surface area contributed by atoms with E-state index in [1.807, 2.05) is 6.07 Å². The Labute approximate surface area is 138 Å². The van der Waals surface area contributed by atoms with Gasteiger partial charge in [-0.3, -0.25) is 9.59 Å². The number of nitrogens with one attached hydrogen (secondary N) is 2. The molecule has 2 amide bonds. The number of hydrogen-bond donors (Lipinski definition) is 2. The third-order valence-electron chi connectivity index (χ3n) is 2.84. The summed E-state index contributed by atoms with van der Waals surface area (Å²) in [5.41, 5.74) is 3.16. The number of halogens is 1. The highest BCUT2D eigenvalue weighted by Crippen LogP contribution is 2.20. The zero-order valence-electron chi connectivity index (χ0n) is 12.2. The molecule has 2 rings (SSSR count). The van der Waals surface area contributed by atoms with Gasteiger partial charge in [-0.25, -0.2) is 5.43 Å². The minimum atomic E-state index is -0.906. The third-order valence-corrected chi connectivity index (χ3v) is 3.17. The summed E-state index contributed by atoms with van der Waals surface area (Å²) in [5, 5.41) is 6.48. The first-order chi connectivity index (χ1) is 11.1. The summed E-state index contributed by atoms with van der Waals surface area (Å²) in [6, 6.07) is 13.7. The number of para-hydroxylation sites is 2. The monoisotopic (exact) mass is 331 g/mol. The fourth-order valence-electron chi connectivity index (χ4n) is 1.73. The van der Waals surface area contributed by atoms with Crippen LogP contribution >= 0.6 is 11.6 Å². The Morgan fingerprint density at radius 3 is 2.52 bits per heavy atom. The van der Waals surface area contributed by atoms with E-state index in [0.29, 0.717) is 22.0 Å². The molecule has 7 heteroatoms. The van der Waals surface area contributed by atoms with Crippen molar-refractivity contribution in [2.24, 2.45) is 5.10 Å². The molecule has 0 heterocycles. The molecule has 0 aliphatic carbocycles. The van der Waals surface area contributed by atoms with Crippen LogP contribution in [0.25, 0.3) is 0 Å². The van der Waals surface area contributed by atoms with E-state index in [9.17, 15) is 9.59 Å². The zero-order valence-corrected chi connectivity index (χ0v) is 13.0. The summed E-state index contributed by atoms with van der Waals surface area (Å²) in [6.45, 7) is 0. The van der Waals surface area contributed by atoms with E-state index in [-0.39, 0.29) is 0 Å². The number of hydrazone groups is 1. The number of carbonyl (C=O) groups is 2. The van der Waals surface area contributed by atoms with Crippen molar-refractivity contribution >= 4 is 35.3 Å². The fourth-order valence-corrected chi connectivity index (χ4v) is 1.91. The summed E-state index contributed by atoms with van der Waals surface area (Å²) in [6.07, 6.45) is 1.39. The van der Waals surface area contributed by atoms with Gasteiger partial charge in [0.15, 0.2) is 0 Å². The van der Waals surface area contributed by atoms with E-state index in [0.717, 1.165) is 0 Å². The van der Waals surface area contributed by atoms with Gasteiger partial charge in [0.05, 0.1) is 24.0 Å². The maximum Gasteiger partial charge on any atom is 0.329 e. The molecule has 2 N–H and O–H groups in total. The van der Waals surface area contributed by atoms with E-state index < -0.39 is 11.8 Å². The molecule has 0 fully saturated rings. The average Bonchev–Trinajstić information content (AvgIpc) is 2.57. The summed E-state index contributed by atoms with van der Waals surface area (Å²) in [4.78, 5) is 23.4. The van der Waals surface area contributed by atoms with Crippen molar-refractivity contribution in [1.29, 1.82) is 0 Å². The number of methoxy groups -OCH3 is 1. The van der Waals surface area contributed by atoms with Gasteiger partial charge in [0.1, 0.15) is 5.75 Å². The van der Waals surface area contributed by atoms with Crippen LogP contribution in [-0.2, 0) is 9.59 Å². The van der Waals surface area contributed by atoms with Crippen LogP contribution in [0.1, 0.15) is 5.56 Å².